The number of aryl methyl sites for hydroxylation is 1. The maximum atomic E-state index is 4.57. The Hall–Kier alpha value is -1.03. The van der Waals surface area contributed by atoms with E-state index in [1.165, 1.54) is 25.9 Å². The molecule has 1 aliphatic heterocycles. The molecule has 0 radical (unpaired) electrons. The van der Waals surface area contributed by atoms with Gasteiger partial charge in [-0.3, -0.25) is 0 Å². The van der Waals surface area contributed by atoms with Gasteiger partial charge in [-0.25, -0.2) is 4.98 Å². The Morgan fingerprint density at radius 1 is 1.39 bits per heavy atom. The third-order valence-electron chi connectivity index (χ3n) is 3.72. The summed E-state index contributed by atoms with van der Waals surface area (Å²) in [5.41, 5.74) is 1.11. The number of imidazole rings is 1. The Bertz CT molecular complexity index is 364. The summed E-state index contributed by atoms with van der Waals surface area (Å²) in [7, 11) is 2.21. The second-order valence-corrected chi connectivity index (χ2v) is 5.53. The van der Waals surface area contributed by atoms with E-state index in [2.05, 4.69) is 46.9 Å². The first-order chi connectivity index (χ1) is 8.69. The molecule has 0 spiro atoms. The van der Waals surface area contributed by atoms with Crippen LogP contribution in [0.4, 0.5) is 5.95 Å². The van der Waals surface area contributed by atoms with Gasteiger partial charge in [0, 0.05) is 19.3 Å². The summed E-state index contributed by atoms with van der Waals surface area (Å²) in [6, 6.07) is 0. The molecule has 4 heteroatoms. The van der Waals surface area contributed by atoms with Crippen LogP contribution in [0.2, 0.25) is 0 Å². The number of hydrogen-bond acceptors (Lipinski definition) is 3. The fourth-order valence-corrected chi connectivity index (χ4v) is 2.59. The van der Waals surface area contributed by atoms with Crippen molar-refractivity contribution in [3.8, 4) is 0 Å². The SMILES string of the molecule is CCCNc1nc(C)cn1CC1CCN(C)CC1. The molecule has 1 aromatic rings. The standard InChI is InChI=1S/C14H26N4/c1-4-7-15-14-16-12(2)10-18(14)11-13-5-8-17(3)9-6-13/h10,13H,4-9,11H2,1-3H3,(H,15,16). The van der Waals surface area contributed by atoms with Crippen LogP contribution in [0.25, 0.3) is 0 Å². The molecule has 1 N–H and O–H groups in total. The summed E-state index contributed by atoms with van der Waals surface area (Å²) in [6.07, 6.45) is 5.93. The summed E-state index contributed by atoms with van der Waals surface area (Å²) in [5.74, 6) is 1.85. The minimum atomic E-state index is 0.803. The van der Waals surface area contributed by atoms with Crippen molar-refractivity contribution in [3.05, 3.63) is 11.9 Å². The van der Waals surface area contributed by atoms with Crippen LogP contribution < -0.4 is 5.32 Å². The number of aromatic nitrogens is 2. The molecule has 0 aromatic carbocycles. The molecule has 1 saturated heterocycles. The van der Waals surface area contributed by atoms with Gasteiger partial charge >= 0.3 is 0 Å². The highest BCUT2D eigenvalue weighted by Gasteiger charge is 2.18. The van der Waals surface area contributed by atoms with Crippen molar-refractivity contribution in [3.63, 3.8) is 0 Å². The molecule has 0 unspecified atom stereocenters. The van der Waals surface area contributed by atoms with Crippen molar-refractivity contribution in [2.45, 2.75) is 39.7 Å². The molecule has 1 aliphatic rings. The first-order valence-corrected chi connectivity index (χ1v) is 7.15. The molecule has 1 aromatic heterocycles. The Morgan fingerprint density at radius 3 is 2.78 bits per heavy atom. The van der Waals surface area contributed by atoms with E-state index < -0.39 is 0 Å². The van der Waals surface area contributed by atoms with Crippen LogP contribution in [-0.2, 0) is 6.54 Å². The number of piperidine rings is 1. The van der Waals surface area contributed by atoms with Crippen LogP contribution in [-0.4, -0.2) is 41.1 Å². The van der Waals surface area contributed by atoms with Crippen molar-refractivity contribution in [2.75, 3.05) is 32.0 Å². The summed E-state index contributed by atoms with van der Waals surface area (Å²) in [4.78, 5) is 6.99. The van der Waals surface area contributed by atoms with Crippen LogP contribution in [0.15, 0.2) is 6.20 Å². The predicted molar refractivity (Wildman–Crippen MR) is 76.0 cm³/mol. The number of rotatable bonds is 5. The van der Waals surface area contributed by atoms with Gasteiger partial charge in [-0.05, 0) is 52.2 Å². The van der Waals surface area contributed by atoms with Gasteiger partial charge in [0.15, 0.2) is 0 Å². The van der Waals surface area contributed by atoms with Crippen LogP contribution in [0, 0.1) is 12.8 Å². The van der Waals surface area contributed by atoms with Gasteiger partial charge in [0.1, 0.15) is 0 Å². The zero-order chi connectivity index (χ0) is 13.0. The monoisotopic (exact) mass is 250 g/mol. The number of nitrogens with zero attached hydrogens (tertiary/aromatic N) is 3. The summed E-state index contributed by atoms with van der Waals surface area (Å²) in [5, 5.41) is 3.42. The lowest BCUT2D eigenvalue weighted by Crippen LogP contribution is -2.32. The molecule has 18 heavy (non-hydrogen) atoms. The van der Waals surface area contributed by atoms with E-state index in [-0.39, 0.29) is 0 Å². The summed E-state index contributed by atoms with van der Waals surface area (Å²) in [6.45, 7) is 8.84. The molecule has 0 atom stereocenters. The van der Waals surface area contributed by atoms with Crippen LogP contribution in [0.5, 0.6) is 0 Å². The lowest BCUT2D eigenvalue weighted by Gasteiger charge is -2.29. The number of likely N-dealkylation sites (tertiary alicyclic amines) is 1. The number of nitrogens with one attached hydrogen (secondary N) is 1. The van der Waals surface area contributed by atoms with E-state index in [9.17, 15) is 0 Å². The van der Waals surface area contributed by atoms with E-state index in [0.717, 1.165) is 37.1 Å². The van der Waals surface area contributed by atoms with Gasteiger partial charge in [-0.1, -0.05) is 6.92 Å². The van der Waals surface area contributed by atoms with Crippen molar-refractivity contribution >= 4 is 5.95 Å². The van der Waals surface area contributed by atoms with E-state index in [0.29, 0.717) is 0 Å². The van der Waals surface area contributed by atoms with Crippen LogP contribution in [0.1, 0.15) is 31.9 Å². The summed E-state index contributed by atoms with van der Waals surface area (Å²) < 4.78 is 2.31. The first-order valence-electron chi connectivity index (χ1n) is 7.15. The van der Waals surface area contributed by atoms with Crippen molar-refractivity contribution in [1.82, 2.24) is 14.5 Å². The highest BCUT2D eigenvalue weighted by molar-refractivity contribution is 5.28. The second kappa shape index (κ2) is 6.23. The highest BCUT2D eigenvalue weighted by atomic mass is 15.2. The third kappa shape index (κ3) is 3.48. The van der Waals surface area contributed by atoms with Crippen LogP contribution >= 0.6 is 0 Å². The fraction of sp³-hybridized carbons (Fsp3) is 0.786. The molecule has 4 nitrogen and oxygen atoms in total. The predicted octanol–water partition coefficient (Wildman–Crippen LogP) is 2.36. The van der Waals surface area contributed by atoms with E-state index in [4.69, 9.17) is 0 Å². The van der Waals surface area contributed by atoms with Crippen LogP contribution in [0.3, 0.4) is 0 Å². The zero-order valence-corrected chi connectivity index (χ0v) is 11.9. The van der Waals surface area contributed by atoms with Gasteiger partial charge in [0.05, 0.1) is 5.69 Å². The van der Waals surface area contributed by atoms with Crippen molar-refractivity contribution in [2.24, 2.45) is 5.92 Å². The molecule has 2 rings (SSSR count). The molecule has 0 aliphatic carbocycles. The minimum Gasteiger partial charge on any atom is -0.356 e. The van der Waals surface area contributed by atoms with Gasteiger partial charge in [0.25, 0.3) is 0 Å². The molecular formula is C14H26N4. The molecule has 2 heterocycles. The maximum absolute atomic E-state index is 4.57. The molecule has 102 valence electrons. The van der Waals surface area contributed by atoms with E-state index >= 15 is 0 Å². The average molecular weight is 250 g/mol. The normalized spacial score (nSPS) is 18.2. The smallest absolute Gasteiger partial charge is 0.203 e. The van der Waals surface area contributed by atoms with Crippen molar-refractivity contribution < 1.29 is 0 Å². The zero-order valence-electron chi connectivity index (χ0n) is 11.9. The molecular weight excluding hydrogens is 224 g/mol. The number of hydrogen-bond donors (Lipinski definition) is 1. The van der Waals surface area contributed by atoms with Gasteiger partial charge < -0.3 is 14.8 Å². The summed E-state index contributed by atoms with van der Waals surface area (Å²) >= 11 is 0. The highest BCUT2D eigenvalue weighted by Crippen LogP contribution is 2.20. The quantitative estimate of drug-likeness (QED) is 0.871. The Labute approximate surface area is 110 Å². The minimum absolute atomic E-state index is 0.803. The Kier molecular flexibility index (Phi) is 4.64. The fourth-order valence-electron chi connectivity index (χ4n) is 2.59. The largest absolute Gasteiger partial charge is 0.356 e. The van der Waals surface area contributed by atoms with E-state index in [1.54, 1.807) is 0 Å². The second-order valence-electron chi connectivity index (χ2n) is 5.53. The van der Waals surface area contributed by atoms with Gasteiger partial charge in [-0.2, -0.15) is 0 Å². The topological polar surface area (TPSA) is 33.1 Å². The third-order valence-corrected chi connectivity index (χ3v) is 3.72. The Morgan fingerprint density at radius 2 is 2.11 bits per heavy atom. The average Bonchev–Trinajstić information content (AvgIpc) is 2.70. The molecule has 1 fully saturated rings. The first kappa shape index (κ1) is 13.4. The Balaban J connectivity index is 1.95. The van der Waals surface area contributed by atoms with Gasteiger partial charge in [0.2, 0.25) is 5.95 Å². The lowest BCUT2D eigenvalue weighted by molar-refractivity contribution is 0.205. The molecule has 0 saturated carbocycles. The van der Waals surface area contributed by atoms with E-state index in [1.807, 2.05) is 0 Å². The van der Waals surface area contributed by atoms with Gasteiger partial charge in [-0.15, -0.1) is 0 Å². The number of anilines is 1. The van der Waals surface area contributed by atoms with Crippen molar-refractivity contribution in [1.29, 1.82) is 0 Å². The lowest BCUT2D eigenvalue weighted by atomic mass is 9.97. The molecule has 0 bridgehead atoms. The maximum Gasteiger partial charge on any atom is 0.203 e. The molecule has 0 amide bonds.